The molecule has 1 fully saturated rings. The van der Waals surface area contributed by atoms with Crippen molar-refractivity contribution in [1.29, 1.82) is 0 Å². The van der Waals surface area contributed by atoms with Crippen molar-refractivity contribution in [3.8, 4) is 0 Å². The van der Waals surface area contributed by atoms with E-state index >= 15 is 0 Å². The zero-order valence-electron chi connectivity index (χ0n) is 51.8. The number of amides is 14. The highest BCUT2D eigenvalue weighted by Gasteiger charge is 2.41. The highest BCUT2D eigenvalue weighted by molar-refractivity contribution is 7.98. The molecule has 0 saturated carbocycles. The van der Waals surface area contributed by atoms with Gasteiger partial charge in [0.25, 0.3) is 0 Å². The zero-order chi connectivity index (χ0) is 67.8. The van der Waals surface area contributed by atoms with Crippen molar-refractivity contribution in [2.45, 2.75) is 185 Å². The molecule has 2 heterocycles. The van der Waals surface area contributed by atoms with Crippen LogP contribution < -0.4 is 81.8 Å². The Labute approximate surface area is 525 Å². The Morgan fingerprint density at radius 1 is 0.644 bits per heavy atom. The average Bonchev–Trinajstić information content (AvgIpc) is 4.19. The van der Waals surface area contributed by atoms with E-state index in [9.17, 15) is 77.0 Å². The van der Waals surface area contributed by atoms with Crippen LogP contribution in [0.3, 0.4) is 0 Å². The lowest BCUT2D eigenvalue weighted by atomic mass is 9.96. The number of H-pyrrole nitrogens is 1. The molecule has 1 aromatic heterocycles. The van der Waals surface area contributed by atoms with Gasteiger partial charge in [0.2, 0.25) is 82.7 Å². The van der Waals surface area contributed by atoms with Gasteiger partial charge < -0.3 is 96.8 Å². The van der Waals surface area contributed by atoms with Gasteiger partial charge >= 0.3 is 5.97 Å². The number of hydrogen-bond donors (Lipinski definition) is 17. The summed E-state index contributed by atoms with van der Waals surface area (Å²) in [5.74, 6) is -14.4. The van der Waals surface area contributed by atoms with Crippen LogP contribution in [0.1, 0.15) is 124 Å². The van der Waals surface area contributed by atoms with E-state index in [-0.39, 0.29) is 45.3 Å². The molecule has 1 aromatic rings. The fourth-order valence-corrected chi connectivity index (χ4v) is 9.85. The molecule has 90 heavy (non-hydrogen) atoms. The van der Waals surface area contributed by atoms with Gasteiger partial charge in [-0.15, -0.1) is 0 Å². The highest BCUT2D eigenvalue weighted by atomic mass is 32.2. The third-order valence-electron chi connectivity index (χ3n) is 14.9. The summed E-state index contributed by atoms with van der Waals surface area (Å²) in [6, 6.07) is -13.9. The summed E-state index contributed by atoms with van der Waals surface area (Å²) in [6.45, 7) is 7.00. The molecule has 0 unspecified atom stereocenters. The molecule has 1 aliphatic heterocycles. The monoisotopic (exact) mass is 1290 g/mol. The number of imidazole rings is 1. The number of primary amides is 3. The fourth-order valence-electron chi connectivity index (χ4n) is 9.38. The first-order valence-electron chi connectivity index (χ1n) is 29.7. The number of aliphatic carboxylic acids is 1. The van der Waals surface area contributed by atoms with Gasteiger partial charge in [0.15, 0.2) is 0 Å². The highest BCUT2D eigenvalue weighted by Crippen LogP contribution is 2.22. The molecule has 504 valence electrons. The van der Waals surface area contributed by atoms with Gasteiger partial charge in [0.1, 0.15) is 60.4 Å². The Hall–Kier alpha value is -8.47. The van der Waals surface area contributed by atoms with Crippen LogP contribution in [0.15, 0.2) is 12.5 Å². The number of likely N-dealkylation sites (tertiary alicyclic amines) is 1. The van der Waals surface area contributed by atoms with Crippen LogP contribution in [-0.2, 0) is 78.3 Å². The van der Waals surface area contributed by atoms with Crippen molar-refractivity contribution in [1.82, 2.24) is 68.0 Å². The van der Waals surface area contributed by atoms with Crippen LogP contribution >= 0.6 is 11.8 Å². The largest absolute Gasteiger partial charge is 0.481 e. The van der Waals surface area contributed by atoms with Crippen LogP contribution in [-0.4, -0.2) is 207 Å². The van der Waals surface area contributed by atoms with Gasteiger partial charge in [-0.2, -0.15) is 11.8 Å². The number of thioether (sulfide) groups is 1. The number of carboxylic acids is 1. The molecular weight excluding hydrogens is 1200 g/mol. The zero-order valence-corrected chi connectivity index (χ0v) is 52.6. The molecular formula is C55H92N18O16S. The number of hydrogen-bond acceptors (Lipinski definition) is 19. The maximum Gasteiger partial charge on any atom is 0.305 e. The maximum absolute atomic E-state index is 14.7. The number of aromatic amines is 1. The number of aromatic nitrogens is 2. The standard InChI is InChI=1S/C55H92N18O16S/c1-7-28(3)44(46(60)80)71-51(85)37(23-43(78)79)68-48(82)33(15-17-41(59)76)65-42(77)26-62-47(81)32(14-16-40(58)75)66-50(84)36(22-31-25-61-27-63-31)69-53(87)39-13-11-20-73(39)55(89)35(12-9-10-19-56)67-54(88)45(29(4)8-2)72-52(86)38(24-57)70-49(83)34(18-21-90-6)64-30(5)74/h25,27-29,32-39,44-45H,7-24,26,56-57H2,1-6H3,(H2,58,75)(H2,59,76)(H2,60,80)(H,61,63)(H,62,81)(H,64,74)(H,65,77)(H,66,84)(H,67,88)(H,68,82)(H,69,87)(H,70,83)(H,71,85)(H,72,86)(H,78,79)/t28-,29-,32-,33-,34-,35-,36-,37-,38-,39-,44-,45-/m0/s1. The predicted octanol–water partition coefficient (Wildman–Crippen LogP) is -6.13. The van der Waals surface area contributed by atoms with Gasteiger partial charge in [0, 0.05) is 51.2 Å². The molecule has 14 amide bonds. The Morgan fingerprint density at radius 3 is 1.71 bits per heavy atom. The summed E-state index contributed by atoms with van der Waals surface area (Å²) in [4.78, 5) is 206. The van der Waals surface area contributed by atoms with Crippen molar-refractivity contribution in [2.75, 3.05) is 38.2 Å². The topological polar surface area (TPSA) is 559 Å². The minimum absolute atomic E-state index is 0.0383. The molecule has 22 N–H and O–H groups in total. The first-order valence-corrected chi connectivity index (χ1v) is 31.1. The lowest BCUT2D eigenvalue weighted by molar-refractivity contribution is -0.143. The third-order valence-corrected chi connectivity index (χ3v) is 15.5. The molecule has 1 aliphatic rings. The molecule has 0 radical (unpaired) electrons. The number of nitrogens with zero attached hydrogens (tertiary/aromatic N) is 2. The molecule has 34 nitrogen and oxygen atoms in total. The second kappa shape index (κ2) is 40.2. The smallest absolute Gasteiger partial charge is 0.305 e. The quantitative estimate of drug-likeness (QED) is 0.0271. The van der Waals surface area contributed by atoms with Crippen molar-refractivity contribution in [3.63, 3.8) is 0 Å². The van der Waals surface area contributed by atoms with Crippen LogP contribution in [0, 0.1) is 11.8 Å². The SMILES string of the molecule is CC[C@H](C)[C@H](NC(=O)[C@H](CC(=O)O)NC(=O)[C@H](CCC(N)=O)NC(=O)CNC(=O)[C@H](CCC(N)=O)NC(=O)[C@H](Cc1cnc[nH]1)NC(=O)[C@@H]1CCCN1C(=O)[C@H](CCCCN)NC(=O)[C@@H](NC(=O)[C@H](CN)NC(=O)[C@H](CCSC)NC(C)=O)[C@@H](C)CC)C(N)=O. The number of nitrogens with one attached hydrogen (secondary N) is 11. The number of carbonyl (C=O) groups is 15. The number of unbranched alkanes of at least 4 members (excludes halogenated alkanes) is 1. The molecule has 0 bridgehead atoms. The minimum atomic E-state index is -1.82. The maximum atomic E-state index is 14.7. The van der Waals surface area contributed by atoms with Crippen LogP contribution in [0.4, 0.5) is 0 Å². The Kier molecular flexibility index (Phi) is 34.7. The molecule has 0 aliphatic carbocycles. The van der Waals surface area contributed by atoms with E-state index < -0.39 is 200 Å². The Morgan fingerprint density at radius 2 is 1.18 bits per heavy atom. The van der Waals surface area contributed by atoms with Crippen molar-refractivity contribution < 1.29 is 77.0 Å². The van der Waals surface area contributed by atoms with Gasteiger partial charge in [-0.3, -0.25) is 71.9 Å². The van der Waals surface area contributed by atoms with E-state index in [1.165, 1.54) is 36.1 Å². The number of rotatable bonds is 43. The van der Waals surface area contributed by atoms with E-state index in [0.717, 1.165) is 0 Å². The lowest BCUT2D eigenvalue weighted by Crippen LogP contribution is -2.61. The van der Waals surface area contributed by atoms with Crippen LogP contribution in [0.25, 0.3) is 0 Å². The first kappa shape index (κ1) is 77.6. The summed E-state index contributed by atoms with van der Waals surface area (Å²) >= 11 is 1.45. The van der Waals surface area contributed by atoms with E-state index in [4.69, 9.17) is 28.7 Å². The second-order valence-electron chi connectivity index (χ2n) is 21.9. The summed E-state index contributed by atoms with van der Waals surface area (Å²) < 4.78 is 0. The van der Waals surface area contributed by atoms with Gasteiger partial charge in [-0.05, 0) is 81.8 Å². The molecule has 35 heteroatoms. The van der Waals surface area contributed by atoms with E-state index in [1.54, 1.807) is 27.7 Å². The average molecular weight is 1290 g/mol. The number of carboxylic acid groups (broad SMARTS) is 1. The fraction of sp³-hybridized carbons (Fsp3) is 0.673. The van der Waals surface area contributed by atoms with E-state index in [0.29, 0.717) is 43.6 Å². The van der Waals surface area contributed by atoms with Crippen LogP contribution in [0.5, 0.6) is 0 Å². The third kappa shape index (κ3) is 27.1. The molecule has 0 aromatic carbocycles. The van der Waals surface area contributed by atoms with E-state index in [2.05, 4.69) is 63.1 Å². The summed E-state index contributed by atoms with van der Waals surface area (Å²) in [7, 11) is 0. The number of carbonyl (C=O) groups excluding carboxylic acids is 14. The van der Waals surface area contributed by atoms with Crippen molar-refractivity contribution in [2.24, 2.45) is 40.5 Å². The van der Waals surface area contributed by atoms with Crippen molar-refractivity contribution >= 4 is 100 Å². The van der Waals surface area contributed by atoms with E-state index in [1.807, 2.05) is 6.26 Å². The van der Waals surface area contributed by atoms with Crippen LogP contribution in [0.2, 0.25) is 0 Å². The lowest BCUT2D eigenvalue weighted by Gasteiger charge is -2.32. The predicted molar refractivity (Wildman–Crippen MR) is 325 cm³/mol. The van der Waals surface area contributed by atoms with Gasteiger partial charge in [-0.25, -0.2) is 4.98 Å². The molecule has 2 rings (SSSR count). The second-order valence-corrected chi connectivity index (χ2v) is 22.9. The van der Waals surface area contributed by atoms with Crippen molar-refractivity contribution in [3.05, 3.63) is 18.2 Å². The summed E-state index contributed by atoms with van der Waals surface area (Å²) in [5, 5.41) is 34.3. The summed E-state index contributed by atoms with van der Waals surface area (Å²) in [6.07, 6.45) is 3.53. The Bertz CT molecular complexity index is 2650. The summed E-state index contributed by atoms with van der Waals surface area (Å²) in [5.41, 5.74) is 28.2. The number of nitrogens with two attached hydrogens (primary N) is 5. The first-order chi connectivity index (χ1) is 42.5. The Balaban J connectivity index is 2.39. The van der Waals surface area contributed by atoms with Gasteiger partial charge in [-0.1, -0.05) is 40.5 Å². The minimum Gasteiger partial charge on any atom is -0.481 e. The molecule has 1 saturated heterocycles. The molecule has 0 spiro atoms. The van der Waals surface area contributed by atoms with Gasteiger partial charge in [0.05, 0.1) is 19.3 Å². The molecule has 12 atom stereocenters. The normalized spacial score (nSPS) is 16.4.